The second-order valence-corrected chi connectivity index (χ2v) is 7.15. The molecule has 0 saturated carbocycles. The first-order valence-electron chi connectivity index (χ1n) is 7.17. The van der Waals surface area contributed by atoms with Crippen molar-refractivity contribution in [1.29, 1.82) is 0 Å². The van der Waals surface area contributed by atoms with E-state index < -0.39 is 0 Å². The molecule has 0 radical (unpaired) electrons. The summed E-state index contributed by atoms with van der Waals surface area (Å²) in [4.78, 5) is 12.9. The van der Waals surface area contributed by atoms with E-state index in [1.54, 1.807) is 10.9 Å². The van der Waals surface area contributed by atoms with Gasteiger partial charge in [-0.25, -0.2) is 14.6 Å². The van der Waals surface area contributed by atoms with Crippen LogP contribution in [0.3, 0.4) is 0 Å². The molecule has 0 aliphatic rings. The molecule has 0 atom stereocenters. The van der Waals surface area contributed by atoms with Gasteiger partial charge in [-0.2, -0.15) is 4.98 Å². The number of hydrogen-bond donors (Lipinski definition) is 1. The first-order chi connectivity index (χ1) is 12.0. The number of thiazole rings is 1. The van der Waals surface area contributed by atoms with Gasteiger partial charge in [0.15, 0.2) is 10.5 Å². The van der Waals surface area contributed by atoms with Crippen LogP contribution in [0.5, 0.6) is 5.88 Å². The Morgan fingerprint density at radius 1 is 1.20 bits per heavy atom. The molecule has 4 aromatic rings. The van der Waals surface area contributed by atoms with Crippen LogP contribution in [0.1, 0.15) is 11.1 Å². The van der Waals surface area contributed by atoms with E-state index in [1.165, 1.54) is 17.5 Å². The molecule has 0 amide bonds. The molecule has 0 spiro atoms. The number of hydrogen-bond acceptors (Lipinski definition) is 7. The maximum atomic E-state index is 9.39. The van der Waals surface area contributed by atoms with Gasteiger partial charge in [0.1, 0.15) is 10.7 Å². The van der Waals surface area contributed by atoms with E-state index in [0.29, 0.717) is 37.8 Å². The van der Waals surface area contributed by atoms with Crippen LogP contribution < -0.4 is 0 Å². The Labute approximate surface area is 155 Å². The van der Waals surface area contributed by atoms with Crippen molar-refractivity contribution < 1.29 is 5.11 Å². The van der Waals surface area contributed by atoms with Crippen LogP contribution in [0.2, 0.25) is 10.0 Å². The zero-order valence-corrected chi connectivity index (χ0v) is 15.1. The zero-order chi connectivity index (χ0) is 17.6. The summed E-state index contributed by atoms with van der Waals surface area (Å²) in [6.07, 6.45) is 3.03. The first-order valence-corrected chi connectivity index (χ1v) is 8.74. The van der Waals surface area contributed by atoms with Crippen LogP contribution in [0.4, 0.5) is 0 Å². The maximum Gasteiger partial charge on any atom is 0.231 e. The average molecular weight is 393 g/mol. The largest absolute Gasteiger partial charge is 0.492 e. The van der Waals surface area contributed by atoms with E-state index in [0.717, 1.165) is 11.1 Å². The molecule has 0 saturated heterocycles. The summed E-state index contributed by atoms with van der Waals surface area (Å²) in [5, 5.41) is 19.5. The van der Waals surface area contributed by atoms with Gasteiger partial charge in [0.2, 0.25) is 5.88 Å². The highest BCUT2D eigenvalue weighted by Gasteiger charge is 2.13. The lowest BCUT2D eigenvalue weighted by Gasteiger charge is -2.06. The van der Waals surface area contributed by atoms with E-state index in [4.69, 9.17) is 23.2 Å². The van der Waals surface area contributed by atoms with Crippen molar-refractivity contribution >= 4 is 45.0 Å². The van der Waals surface area contributed by atoms with Crippen molar-refractivity contribution in [1.82, 2.24) is 29.9 Å². The molecular formula is C15H10Cl2N6OS. The molecule has 3 heterocycles. The molecule has 126 valence electrons. The minimum absolute atomic E-state index is 0.139. The van der Waals surface area contributed by atoms with E-state index in [1.807, 2.05) is 19.1 Å². The number of aromatic hydroxyl groups is 1. The normalized spacial score (nSPS) is 11.3. The molecule has 0 fully saturated rings. The standard InChI is InChI=1S/C15H10Cl2N6OS/c1-7-9(16)2-8(3-10(7)17)5-23-6-11(21-22-23)14-20-13-15(25-14)19-12(24)4-18-13/h2-4,6H,5H2,1H3,(H,19,24). The monoisotopic (exact) mass is 392 g/mol. The summed E-state index contributed by atoms with van der Waals surface area (Å²) in [5.74, 6) is -0.139. The van der Waals surface area contributed by atoms with Gasteiger partial charge in [-0.1, -0.05) is 39.8 Å². The summed E-state index contributed by atoms with van der Waals surface area (Å²) in [6.45, 7) is 2.35. The molecule has 10 heteroatoms. The fourth-order valence-electron chi connectivity index (χ4n) is 2.27. The molecule has 0 unspecified atom stereocenters. The van der Waals surface area contributed by atoms with Gasteiger partial charge in [-0.05, 0) is 30.2 Å². The number of nitrogens with zero attached hydrogens (tertiary/aromatic N) is 6. The van der Waals surface area contributed by atoms with Gasteiger partial charge < -0.3 is 5.11 Å². The number of halogens is 2. The quantitative estimate of drug-likeness (QED) is 0.571. The Kier molecular flexibility index (Phi) is 4.03. The molecule has 3 aromatic heterocycles. The third-order valence-corrected chi connectivity index (χ3v) is 5.30. The Morgan fingerprint density at radius 2 is 1.96 bits per heavy atom. The second kappa shape index (κ2) is 6.21. The summed E-state index contributed by atoms with van der Waals surface area (Å²) < 4.78 is 1.68. The van der Waals surface area contributed by atoms with Gasteiger partial charge in [0.05, 0.1) is 18.9 Å². The van der Waals surface area contributed by atoms with Gasteiger partial charge in [-0.15, -0.1) is 5.10 Å². The van der Waals surface area contributed by atoms with Crippen LogP contribution in [-0.4, -0.2) is 35.1 Å². The highest BCUT2D eigenvalue weighted by molar-refractivity contribution is 7.21. The number of fused-ring (bicyclic) bond motifs is 1. The Morgan fingerprint density at radius 3 is 2.72 bits per heavy atom. The molecule has 1 aromatic carbocycles. The van der Waals surface area contributed by atoms with Crippen LogP contribution in [0, 0.1) is 6.92 Å². The first kappa shape index (κ1) is 16.2. The zero-order valence-electron chi connectivity index (χ0n) is 12.8. The van der Waals surface area contributed by atoms with Gasteiger partial charge >= 0.3 is 0 Å². The number of rotatable bonds is 3. The van der Waals surface area contributed by atoms with Crippen LogP contribution >= 0.6 is 34.5 Å². The predicted molar refractivity (Wildman–Crippen MR) is 96.2 cm³/mol. The smallest absolute Gasteiger partial charge is 0.231 e. The van der Waals surface area contributed by atoms with E-state index in [-0.39, 0.29) is 5.88 Å². The van der Waals surface area contributed by atoms with Crippen molar-refractivity contribution in [3.8, 4) is 16.6 Å². The predicted octanol–water partition coefficient (Wildman–Crippen LogP) is 3.71. The molecule has 1 N–H and O–H groups in total. The fourth-order valence-corrected chi connectivity index (χ4v) is 3.65. The van der Waals surface area contributed by atoms with Crippen LogP contribution in [0.15, 0.2) is 24.5 Å². The third kappa shape index (κ3) is 3.15. The Balaban J connectivity index is 1.63. The lowest BCUT2D eigenvalue weighted by atomic mass is 10.1. The van der Waals surface area contributed by atoms with E-state index in [9.17, 15) is 5.11 Å². The molecule has 4 rings (SSSR count). The van der Waals surface area contributed by atoms with E-state index in [2.05, 4.69) is 25.3 Å². The Hall–Kier alpha value is -2.29. The minimum atomic E-state index is -0.139. The van der Waals surface area contributed by atoms with Gasteiger partial charge in [0.25, 0.3) is 0 Å². The fraction of sp³-hybridized carbons (Fsp3) is 0.133. The van der Waals surface area contributed by atoms with Crippen molar-refractivity contribution in [3.63, 3.8) is 0 Å². The molecule has 25 heavy (non-hydrogen) atoms. The molecule has 7 nitrogen and oxygen atoms in total. The van der Waals surface area contributed by atoms with Gasteiger partial charge in [-0.3, -0.25) is 0 Å². The summed E-state index contributed by atoms with van der Waals surface area (Å²) in [6, 6.07) is 3.72. The molecule has 0 aliphatic carbocycles. The van der Waals surface area contributed by atoms with Crippen LogP contribution in [0.25, 0.3) is 21.2 Å². The van der Waals surface area contributed by atoms with Crippen molar-refractivity contribution in [2.45, 2.75) is 13.5 Å². The molecule has 0 aliphatic heterocycles. The van der Waals surface area contributed by atoms with Crippen LogP contribution in [-0.2, 0) is 6.54 Å². The third-order valence-electron chi connectivity index (χ3n) is 3.55. The Bertz CT molecular complexity index is 1070. The van der Waals surface area contributed by atoms with Crippen molar-refractivity contribution in [3.05, 3.63) is 45.7 Å². The van der Waals surface area contributed by atoms with Crippen molar-refractivity contribution in [2.75, 3.05) is 0 Å². The number of aromatic nitrogens is 6. The molecule has 0 bridgehead atoms. The minimum Gasteiger partial charge on any atom is -0.492 e. The van der Waals surface area contributed by atoms with Gasteiger partial charge in [0, 0.05) is 10.0 Å². The number of benzene rings is 1. The second-order valence-electron chi connectivity index (χ2n) is 5.36. The summed E-state index contributed by atoms with van der Waals surface area (Å²) in [7, 11) is 0. The van der Waals surface area contributed by atoms with E-state index >= 15 is 0 Å². The maximum absolute atomic E-state index is 9.39. The lowest BCUT2D eigenvalue weighted by Crippen LogP contribution is -2.01. The average Bonchev–Trinajstić information content (AvgIpc) is 3.18. The summed E-state index contributed by atoms with van der Waals surface area (Å²) in [5.41, 5.74) is 2.84. The summed E-state index contributed by atoms with van der Waals surface area (Å²) >= 11 is 13.6. The topological polar surface area (TPSA) is 89.6 Å². The lowest BCUT2D eigenvalue weighted by molar-refractivity contribution is 0.453. The van der Waals surface area contributed by atoms with Crippen molar-refractivity contribution in [2.24, 2.45) is 0 Å². The SMILES string of the molecule is Cc1c(Cl)cc(Cn2cc(-c3nc4ncc(O)nc4s3)nn2)cc1Cl. The highest BCUT2D eigenvalue weighted by Crippen LogP contribution is 2.28. The highest BCUT2D eigenvalue weighted by atomic mass is 35.5. The molecular weight excluding hydrogens is 383 g/mol.